The van der Waals surface area contributed by atoms with Gasteiger partial charge < -0.3 is 9.80 Å². The Labute approximate surface area is 189 Å². The first kappa shape index (κ1) is 27.5. The van der Waals surface area contributed by atoms with Crippen molar-refractivity contribution in [2.24, 2.45) is 5.92 Å². The molecule has 1 amide bonds. The molecule has 178 valence electrons. The molecule has 0 aliphatic carbocycles. The molecule has 1 atom stereocenters. The van der Waals surface area contributed by atoms with Crippen LogP contribution in [0.4, 0.5) is 0 Å². The molecule has 0 bridgehead atoms. The molecule has 1 aliphatic heterocycles. The van der Waals surface area contributed by atoms with Crippen molar-refractivity contribution >= 4 is 5.91 Å². The smallest absolute Gasteiger partial charge is 0.222 e. The highest BCUT2D eigenvalue weighted by Crippen LogP contribution is 2.21. The Bertz CT molecular complexity index is 398. The summed E-state index contributed by atoms with van der Waals surface area (Å²) in [7, 11) is 0. The Kier molecular flexibility index (Phi) is 17.5. The lowest BCUT2D eigenvalue weighted by molar-refractivity contribution is -0.132. The van der Waals surface area contributed by atoms with E-state index in [1.54, 1.807) is 0 Å². The molecule has 0 aromatic carbocycles. The maximum absolute atomic E-state index is 12.1. The zero-order valence-electron chi connectivity index (χ0n) is 20.9. The zero-order chi connectivity index (χ0) is 21.9. The van der Waals surface area contributed by atoms with E-state index < -0.39 is 0 Å². The van der Waals surface area contributed by atoms with Crippen LogP contribution in [0, 0.1) is 5.92 Å². The first-order valence-electron chi connectivity index (χ1n) is 13.7. The van der Waals surface area contributed by atoms with Crippen molar-refractivity contribution in [2.75, 3.05) is 32.7 Å². The minimum absolute atomic E-state index is 0.353. The predicted molar refractivity (Wildman–Crippen MR) is 132 cm³/mol. The van der Waals surface area contributed by atoms with Crippen molar-refractivity contribution in [2.45, 2.75) is 130 Å². The summed E-state index contributed by atoms with van der Waals surface area (Å²) >= 11 is 0. The molecule has 3 nitrogen and oxygen atoms in total. The first-order valence-corrected chi connectivity index (χ1v) is 13.7. The maximum Gasteiger partial charge on any atom is 0.222 e. The third-order valence-corrected chi connectivity index (χ3v) is 6.93. The van der Waals surface area contributed by atoms with Gasteiger partial charge in [0.1, 0.15) is 0 Å². The number of carbonyl (C=O) groups is 1. The van der Waals surface area contributed by atoms with Gasteiger partial charge in [0.05, 0.1) is 0 Å². The number of likely N-dealkylation sites (tertiary alicyclic amines) is 1. The van der Waals surface area contributed by atoms with Gasteiger partial charge in [-0.1, -0.05) is 91.4 Å². The lowest BCUT2D eigenvalue weighted by Gasteiger charge is -2.34. The number of piperidine rings is 1. The van der Waals surface area contributed by atoms with Gasteiger partial charge >= 0.3 is 0 Å². The van der Waals surface area contributed by atoms with E-state index in [0.717, 1.165) is 19.0 Å². The van der Waals surface area contributed by atoms with Gasteiger partial charge in [-0.3, -0.25) is 4.79 Å². The van der Waals surface area contributed by atoms with E-state index in [4.69, 9.17) is 0 Å². The minimum atomic E-state index is 0.353. The zero-order valence-corrected chi connectivity index (χ0v) is 20.9. The largest absolute Gasteiger partial charge is 0.342 e. The van der Waals surface area contributed by atoms with Gasteiger partial charge in [0.15, 0.2) is 0 Å². The van der Waals surface area contributed by atoms with Crippen LogP contribution in [-0.4, -0.2) is 48.4 Å². The molecular formula is C27H54N2O. The topological polar surface area (TPSA) is 23.6 Å². The molecule has 3 heteroatoms. The lowest BCUT2D eigenvalue weighted by Crippen LogP contribution is -2.40. The third kappa shape index (κ3) is 13.7. The monoisotopic (exact) mass is 422 g/mol. The second-order valence-corrected chi connectivity index (χ2v) is 9.72. The van der Waals surface area contributed by atoms with E-state index >= 15 is 0 Å². The Morgan fingerprint density at radius 2 is 1.30 bits per heavy atom. The Hall–Kier alpha value is -0.570. The van der Waals surface area contributed by atoms with Crippen LogP contribution in [-0.2, 0) is 4.79 Å². The SMILES string of the molecule is CCCCCCCCCN(CCCCCCCC)CCC1CCCN(C(=O)CC)C1. The number of hydrogen-bond acceptors (Lipinski definition) is 2. The molecule has 0 aromatic heterocycles. The fraction of sp³-hybridized carbons (Fsp3) is 0.963. The lowest BCUT2D eigenvalue weighted by atomic mass is 9.94. The van der Waals surface area contributed by atoms with E-state index in [1.807, 2.05) is 6.92 Å². The second kappa shape index (κ2) is 19.1. The Morgan fingerprint density at radius 1 is 0.767 bits per heavy atom. The van der Waals surface area contributed by atoms with Crippen molar-refractivity contribution in [3.05, 3.63) is 0 Å². The average Bonchev–Trinajstić information content (AvgIpc) is 2.78. The van der Waals surface area contributed by atoms with Gasteiger partial charge in [0, 0.05) is 19.5 Å². The van der Waals surface area contributed by atoms with Gasteiger partial charge in [-0.05, 0) is 57.7 Å². The van der Waals surface area contributed by atoms with Crippen molar-refractivity contribution in [1.29, 1.82) is 0 Å². The summed E-state index contributed by atoms with van der Waals surface area (Å²) in [6, 6.07) is 0. The van der Waals surface area contributed by atoms with Crippen LogP contribution in [0.3, 0.4) is 0 Å². The summed E-state index contributed by atoms with van der Waals surface area (Å²) in [6.07, 6.45) is 22.6. The standard InChI is InChI=1S/C27H54N2O/c1-4-7-9-11-13-15-17-22-28(21-16-14-12-10-8-5-2)24-20-26-19-18-23-29(25-26)27(30)6-3/h26H,4-25H2,1-3H3. The second-order valence-electron chi connectivity index (χ2n) is 9.72. The van der Waals surface area contributed by atoms with Crippen LogP contribution in [0.2, 0.25) is 0 Å². The fourth-order valence-corrected chi connectivity index (χ4v) is 4.86. The van der Waals surface area contributed by atoms with Gasteiger partial charge in [0.2, 0.25) is 5.91 Å². The van der Waals surface area contributed by atoms with Gasteiger partial charge in [-0.25, -0.2) is 0 Å². The first-order chi connectivity index (χ1) is 14.7. The highest BCUT2D eigenvalue weighted by Gasteiger charge is 2.23. The van der Waals surface area contributed by atoms with Crippen molar-refractivity contribution < 1.29 is 4.79 Å². The van der Waals surface area contributed by atoms with E-state index in [2.05, 4.69) is 23.6 Å². The van der Waals surface area contributed by atoms with E-state index in [0.29, 0.717) is 12.3 Å². The van der Waals surface area contributed by atoms with Gasteiger partial charge in [-0.2, -0.15) is 0 Å². The van der Waals surface area contributed by atoms with Crippen LogP contribution in [0.15, 0.2) is 0 Å². The number of hydrogen-bond donors (Lipinski definition) is 0. The number of nitrogens with zero attached hydrogens (tertiary/aromatic N) is 2. The summed E-state index contributed by atoms with van der Waals surface area (Å²) in [5, 5.41) is 0. The highest BCUT2D eigenvalue weighted by atomic mass is 16.2. The molecule has 1 unspecified atom stereocenters. The van der Waals surface area contributed by atoms with E-state index in [1.165, 1.54) is 122 Å². The summed E-state index contributed by atoms with van der Waals surface area (Å²) in [5.74, 6) is 1.07. The highest BCUT2D eigenvalue weighted by molar-refractivity contribution is 5.75. The number of rotatable bonds is 19. The predicted octanol–water partition coefficient (Wildman–Crippen LogP) is 7.44. The molecule has 1 fully saturated rings. The van der Waals surface area contributed by atoms with Crippen LogP contribution >= 0.6 is 0 Å². The van der Waals surface area contributed by atoms with Crippen molar-refractivity contribution in [1.82, 2.24) is 9.80 Å². The summed E-state index contributed by atoms with van der Waals surface area (Å²) in [6.45, 7) is 12.4. The molecular weight excluding hydrogens is 368 g/mol. The molecule has 0 radical (unpaired) electrons. The van der Waals surface area contributed by atoms with Crippen LogP contribution < -0.4 is 0 Å². The summed E-state index contributed by atoms with van der Waals surface area (Å²) in [5.41, 5.74) is 0. The molecule has 1 rings (SSSR count). The molecule has 1 heterocycles. The fourth-order valence-electron chi connectivity index (χ4n) is 4.86. The van der Waals surface area contributed by atoms with Crippen LogP contribution in [0.1, 0.15) is 130 Å². The summed E-state index contributed by atoms with van der Waals surface area (Å²) in [4.78, 5) is 17.0. The quantitative estimate of drug-likeness (QED) is 0.202. The van der Waals surface area contributed by atoms with E-state index in [9.17, 15) is 4.79 Å². The van der Waals surface area contributed by atoms with Crippen LogP contribution in [0.25, 0.3) is 0 Å². The average molecular weight is 423 g/mol. The summed E-state index contributed by atoms with van der Waals surface area (Å²) < 4.78 is 0. The molecule has 1 saturated heterocycles. The molecule has 0 saturated carbocycles. The third-order valence-electron chi connectivity index (χ3n) is 6.93. The van der Waals surface area contributed by atoms with Crippen LogP contribution in [0.5, 0.6) is 0 Å². The number of unbranched alkanes of at least 4 members (excludes halogenated alkanes) is 11. The van der Waals surface area contributed by atoms with Crippen molar-refractivity contribution in [3.8, 4) is 0 Å². The number of amides is 1. The van der Waals surface area contributed by atoms with Crippen molar-refractivity contribution in [3.63, 3.8) is 0 Å². The number of carbonyl (C=O) groups excluding carboxylic acids is 1. The van der Waals surface area contributed by atoms with E-state index in [-0.39, 0.29) is 0 Å². The molecule has 0 spiro atoms. The van der Waals surface area contributed by atoms with Gasteiger partial charge in [-0.15, -0.1) is 0 Å². The minimum Gasteiger partial charge on any atom is -0.342 e. The molecule has 0 N–H and O–H groups in total. The Balaban J connectivity index is 2.31. The molecule has 1 aliphatic rings. The Morgan fingerprint density at radius 3 is 1.83 bits per heavy atom. The normalized spacial score (nSPS) is 17.1. The molecule has 30 heavy (non-hydrogen) atoms. The maximum atomic E-state index is 12.1. The van der Waals surface area contributed by atoms with Gasteiger partial charge in [0.25, 0.3) is 0 Å². The molecule has 0 aromatic rings.